The molecule has 1 aliphatic heterocycles. The van der Waals surface area contributed by atoms with Gasteiger partial charge >= 0.3 is 0 Å². The first kappa shape index (κ1) is 15.2. The number of benzene rings is 1. The highest BCUT2D eigenvalue weighted by atomic mass is 32.2. The highest BCUT2D eigenvalue weighted by Crippen LogP contribution is 2.24. The fourth-order valence-electron chi connectivity index (χ4n) is 2.55. The third-order valence-electron chi connectivity index (χ3n) is 3.38. The zero-order chi connectivity index (χ0) is 14.4. The lowest BCUT2D eigenvalue weighted by Gasteiger charge is -2.34. The Morgan fingerprint density at radius 3 is 2.50 bits per heavy atom. The molecule has 0 radical (unpaired) electrons. The van der Waals surface area contributed by atoms with Crippen molar-refractivity contribution in [2.45, 2.75) is 30.8 Å². The van der Waals surface area contributed by atoms with Crippen LogP contribution in [0.2, 0.25) is 0 Å². The van der Waals surface area contributed by atoms with E-state index >= 15 is 0 Å². The van der Waals surface area contributed by atoms with Crippen LogP contribution in [-0.4, -0.2) is 41.6 Å². The first-order valence-corrected chi connectivity index (χ1v) is 8.08. The van der Waals surface area contributed by atoms with Gasteiger partial charge in [0.2, 0.25) is 0 Å². The minimum Gasteiger partial charge on any atom is -0.492 e. The summed E-state index contributed by atoms with van der Waals surface area (Å²) in [5, 5.41) is 10.1. The summed E-state index contributed by atoms with van der Waals surface area (Å²) in [5.41, 5.74) is 1.04. The second-order valence-corrected chi connectivity index (χ2v) is 7.23. The van der Waals surface area contributed by atoms with Gasteiger partial charge in [-0.2, -0.15) is 17.0 Å². The standard InChI is InChI=1S/C16H22N2OS/c1-13-11-18(12-14(2)20-13)9-10-19-16-5-3-15(4-6-16)7-8-17/h3-6,13-14H,7,9-12H2,1-2H3. The quantitative estimate of drug-likeness (QED) is 0.835. The molecular formula is C16H22N2OS. The highest BCUT2D eigenvalue weighted by molar-refractivity contribution is 8.00. The predicted molar refractivity (Wildman–Crippen MR) is 84.2 cm³/mol. The van der Waals surface area contributed by atoms with Crippen LogP contribution in [0.3, 0.4) is 0 Å². The molecule has 1 saturated heterocycles. The van der Waals surface area contributed by atoms with Gasteiger partial charge in [0, 0.05) is 30.1 Å². The minimum atomic E-state index is 0.460. The van der Waals surface area contributed by atoms with E-state index in [1.54, 1.807) is 0 Å². The van der Waals surface area contributed by atoms with Gasteiger partial charge in [-0.1, -0.05) is 26.0 Å². The number of ether oxygens (including phenoxy) is 1. The van der Waals surface area contributed by atoms with Crippen LogP contribution >= 0.6 is 11.8 Å². The molecule has 0 amide bonds. The second-order valence-electron chi connectivity index (χ2n) is 5.34. The molecule has 0 spiro atoms. The molecule has 0 N–H and O–H groups in total. The van der Waals surface area contributed by atoms with Crippen LogP contribution < -0.4 is 4.74 Å². The van der Waals surface area contributed by atoms with E-state index in [1.165, 1.54) is 0 Å². The Morgan fingerprint density at radius 1 is 1.25 bits per heavy atom. The summed E-state index contributed by atoms with van der Waals surface area (Å²) in [7, 11) is 0. The number of hydrogen-bond donors (Lipinski definition) is 0. The number of nitriles is 1. The third-order valence-corrected chi connectivity index (χ3v) is 4.61. The number of thioether (sulfide) groups is 1. The van der Waals surface area contributed by atoms with E-state index in [4.69, 9.17) is 10.00 Å². The largest absolute Gasteiger partial charge is 0.492 e. The molecule has 4 heteroatoms. The monoisotopic (exact) mass is 290 g/mol. The van der Waals surface area contributed by atoms with Crippen molar-refractivity contribution >= 4 is 11.8 Å². The van der Waals surface area contributed by atoms with Crippen molar-refractivity contribution in [3.63, 3.8) is 0 Å². The molecular weight excluding hydrogens is 268 g/mol. The smallest absolute Gasteiger partial charge is 0.119 e. The molecule has 0 bridgehead atoms. The molecule has 1 aromatic rings. The number of nitrogens with zero attached hydrogens (tertiary/aromatic N) is 2. The summed E-state index contributed by atoms with van der Waals surface area (Å²) in [6, 6.07) is 9.96. The topological polar surface area (TPSA) is 36.3 Å². The van der Waals surface area contributed by atoms with Crippen molar-refractivity contribution in [2.24, 2.45) is 0 Å². The summed E-state index contributed by atoms with van der Waals surface area (Å²) in [6.45, 7) is 8.60. The van der Waals surface area contributed by atoms with Gasteiger partial charge in [0.15, 0.2) is 0 Å². The van der Waals surface area contributed by atoms with Gasteiger partial charge in [-0.05, 0) is 17.7 Å². The van der Waals surface area contributed by atoms with Crippen molar-refractivity contribution in [3.8, 4) is 11.8 Å². The summed E-state index contributed by atoms with van der Waals surface area (Å²) >= 11 is 2.07. The van der Waals surface area contributed by atoms with Crippen molar-refractivity contribution < 1.29 is 4.74 Å². The molecule has 20 heavy (non-hydrogen) atoms. The first-order chi connectivity index (χ1) is 9.67. The fourth-order valence-corrected chi connectivity index (χ4v) is 3.94. The zero-order valence-electron chi connectivity index (χ0n) is 12.2. The van der Waals surface area contributed by atoms with E-state index in [0.717, 1.165) is 37.6 Å². The Labute approximate surface area is 125 Å². The van der Waals surface area contributed by atoms with E-state index in [9.17, 15) is 0 Å². The van der Waals surface area contributed by atoms with Gasteiger partial charge in [0.25, 0.3) is 0 Å². The molecule has 0 saturated carbocycles. The molecule has 2 atom stereocenters. The molecule has 1 aliphatic rings. The van der Waals surface area contributed by atoms with Crippen molar-refractivity contribution in [2.75, 3.05) is 26.2 Å². The Hall–Kier alpha value is -1.18. The number of rotatable bonds is 5. The Kier molecular flexibility index (Phi) is 5.75. The van der Waals surface area contributed by atoms with Crippen LogP contribution in [0.1, 0.15) is 19.4 Å². The van der Waals surface area contributed by atoms with Gasteiger partial charge in [-0.3, -0.25) is 4.90 Å². The van der Waals surface area contributed by atoms with E-state index in [2.05, 4.69) is 36.6 Å². The van der Waals surface area contributed by atoms with Crippen LogP contribution in [0.15, 0.2) is 24.3 Å². The molecule has 0 aliphatic carbocycles. The average Bonchev–Trinajstić information content (AvgIpc) is 2.40. The van der Waals surface area contributed by atoms with Gasteiger partial charge in [-0.25, -0.2) is 0 Å². The van der Waals surface area contributed by atoms with E-state index in [1.807, 2.05) is 24.3 Å². The lowest BCUT2D eigenvalue weighted by molar-refractivity contribution is 0.207. The Balaban J connectivity index is 1.74. The van der Waals surface area contributed by atoms with Crippen LogP contribution in [-0.2, 0) is 6.42 Å². The zero-order valence-corrected chi connectivity index (χ0v) is 13.0. The van der Waals surface area contributed by atoms with Crippen LogP contribution in [0, 0.1) is 11.3 Å². The average molecular weight is 290 g/mol. The third kappa shape index (κ3) is 4.73. The van der Waals surface area contributed by atoms with Crippen molar-refractivity contribution in [1.29, 1.82) is 5.26 Å². The van der Waals surface area contributed by atoms with Gasteiger partial charge < -0.3 is 4.74 Å². The summed E-state index contributed by atoms with van der Waals surface area (Å²) in [4.78, 5) is 2.48. The normalized spacial score (nSPS) is 23.2. The maximum Gasteiger partial charge on any atom is 0.119 e. The summed E-state index contributed by atoms with van der Waals surface area (Å²) < 4.78 is 5.78. The molecule has 2 unspecified atom stereocenters. The lowest BCUT2D eigenvalue weighted by atomic mass is 10.2. The van der Waals surface area contributed by atoms with Gasteiger partial charge in [0.1, 0.15) is 12.4 Å². The Bertz CT molecular complexity index is 445. The maximum atomic E-state index is 8.63. The molecule has 1 heterocycles. The maximum absolute atomic E-state index is 8.63. The van der Waals surface area contributed by atoms with E-state index < -0.39 is 0 Å². The second kappa shape index (κ2) is 7.56. The summed E-state index contributed by atoms with van der Waals surface area (Å²) in [6.07, 6.45) is 0.460. The molecule has 1 aromatic carbocycles. The van der Waals surface area contributed by atoms with Crippen LogP contribution in [0.5, 0.6) is 5.75 Å². The SMILES string of the molecule is CC1CN(CCOc2ccc(CC#N)cc2)CC(C)S1. The van der Waals surface area contributed by atoms with Crippen LogP contribution in [0.25, 0.3) is 0 Å². The van der Waals surface area contributed by atoms with E-state index in [-0.39, 0.29) is 0 Å². The predicted octanol–water partition coefficient (Wildman–Crippen LogP) is 2.96. The molecule has 2 rings (SSSR count). The fraction of sp³-hybridized carbons (Fsp3) is 0.562. The highest BCUT2D eigenvalue weighted by Gasteiger charge is 2.21. The lowest BCUT2D eigenvalue weighted by Crippen LogP contribution is -2.42. The number of hydrogen-bond acceptors (Lipinski definition) is 4. The van der Waals surface area contributed by atoms with Crippen molar-refractivity contribution in [3.05, 3.63) is 29.8 Å². The van der Waals surface area contributed by atoms with Crippen LogP contribution in [0.4, 0.5) is 0 Å². The minimum absolute atomic E-state index is 0.460. The van der Waals surface area contributed by atoms with Gasteiger partial charge in [0.05, 0.1) is 12.5 Å². The Morgan fingerprint density at radius 2 is 1.90 bits per heavy atom. The summed E-state index contributed by atoms with van der Waals surface area (Å²) in [5.74, 6) is 0.888. The first-order valence-electron chi connectivity index (χ1n) is 7.14. The van der Waals surface area contributed by atoms with E-state index in [0.29, 0.717) is 16.9 Å². The molecule has 3 nitrogen and oxygen atoms in total. The molecule has 0 aromatic heterocycles. The van der Waals surface area contributed by atoms with Gasteiger partial charge in [-0.15, -0.1) is 0 Å². The molecule has 1 fully saturated rings. The van der Waals surface area contributed by atoms with Crippen molar-refractivity contribution in [1.82, 2.24) is 4.90 Å². The molecule has 108 valence electrons.